The number of rotatable bonds is 8. The minimum atomic E-state index is -2.90. The minimum absolute atomic E-state index is 0.105. The molecule has 0 fully saturated rings. The van der Waals surface area contributed by atoms with Gasteiger partial charge in [0.2, 0.25) is 5.91 Å². The molecule has 0 aliphatic heterocycles. The maximum absolute atomic E-state index is 12.6. The van der Waals surface area contributed by atoms with Crippen molar-refractivity contribution in [3.05, 3.63) is 59.7 Å². The highest BCUT2D eigenvalue weighted by Gasteiger charge is 2.12. The highest BCUT2D eigenvalue weighted by atomic mass is 19.3. The van der Waals surface area contributed by atoms with Crippen LogP contribution in [0.3, 0.4) is 0 Å². The summed E-state index contributed by atoms with van der Waals surface area (Å²) >= 11 is 0. The Labute approximate surface area is 139 Å². The number of carbonyl (C=O) groups is 1. The molecular weight excluding hydrogens is 314 g/mol. The molecule has 24 heavy (non-hydrogen) atoms. The number of alkyl halides is 2. The molecular formula is C18H20F2N2O2. The van der Waals surface area contributed by atoms with Crippen molar-refractivity contribution in [1.29, 1.82) is 0 Å². The fourth-order valence-electron chi connectivity index (χ4n) is 2.31. The number of carbonyl (C=O) groups excluding carboxylic acids is 1. The molecule has 0 saturated carbocycles. The second-order valence-corrected chi connectivity index (χ2v) is 5.30. The quantitative estimate of drug-likeness (QED) is 0.776. The lowest BCUT2D eigenvalue weighted by Crippen LogP contribution is -2.14. The van der Waals surface area contributed by atoms with E-state index in [-0.39, 0.29) is 11.7 Å². The average molecular weight is 334 g/mol. The molecule has 0 aliphatic carbocycles. The first-order valence-electron chi connectivity index (χ1n) is 7.70. The summed E-state index contributed by atoms with van der Waals surface area (Å²) in [6.07, 6.45) is 1.34. The molecule has 0 atom stereocenters. The van der Waals surface area contributed by atoms with E-state index < -0.39 is 6.61 Å². The lowest BCUT2D eigenvalue weighted by Gasteiger charge is -2.13. The van der Waals surface area contributed by atoms with Gasteiger partial charge in [0.1, 0.15) is 5.75 Å². The predicted octanol–water partition coefficient (Wildman–Crippen LogP) is 3.56. The number of benzene rings is 2. The number of amides is 1. The van der Waals surface area contributed by atoms with Gasteiger partial charge in [-0.05, 0) is 36.7 Å². The molecule has 1 amide bonds. The number of nitrogens with two attached hydrogens (primary N) is 1. The van der Waals surface area contributed by atoms with Crippen molar-refractivity contribution in [2.24, 2.45) is 5.73 Å². The van der Waals surface area contributed by atoms with Crippen LogP contribution in [0.5, 0.6) is 5.75 Å². The Kier molecular flexibility index (Phi) is 6.69. The van der Waals surface area contributed by atoms with Crippen LogP contribution in [0.15, 0.2) is 48.5 Å². The van der Waals surface area contributed by atoms with Gasteiger partial charge in [0.25, 0.3) is 0 Å². The molecule has 4 nitrogen and oxygen atoms in total. The third kappa shape index (κ3) is 5.62. The number of hydrogen-bond acceptors (Lipinski definition) is 3. The fourth-order valence-corrected chi connectivity index (χ4v) is 2.31. The third-order valence-corrected chi connectivity index (χ3v) is 3.41. The average Bonchev–Trinajstić information content (AvgIpc) is 2.56. The Balaban J connectivity index is 2.19. The molecule has 128 valence electrons. The molecule has 0 saturated heterocycles. The van der Waals surface area contributed by atoms with Crippen LogP contribution >= 0.6 is 0 Å². The van der Waals surface area contributed by atoms with Crippen LogP contribution in [0.2, 0.25) is 0 Å². The van der Waals surface area contributed by atoms with Crippen LogP contribution < -0.4 is 15.8 Å². The normalized spacial score (nSPS) is 10.7. The number of nitrogens with one attached hydrogen (secondary N) is 1. The second kappa shape index (κ2) is 8.98. The van der Waals surface area contributed by atoms with E-state index in [4.69, 9.17) is 5.73 Å². The van der Waals surface area contributed by atoms with Crippen LogP contribution in [-0.4, -0.2) is 19.1 Å². The molecule has 0 heterocycles. The standard InChI is InChI=1S/C18H20F2N2O2/c19-18(20)24-16-9-8-15(22-17(23)7-4-10-21)12-14(16)11-13-5-2-1-3-6-13/h1-3,5-6,8-9,12,18H,4,7,10-11,21H2,(H,22,23). The SMILES string of the molecule is NCCCC(=O)Nc1ccc(OC(F)F)c(Cc2ccccc2)c1. The van der Waals surface area contributed by atoms with Gasteiger partial charge in [-0.3, -0.25) is 4.79 Å². The fraction of sp³-hybridized carbons (Fsp3) is 0.278. The smallest absolute Gasteiger partial charge is 0.387 e. The van der Waals surface area contributed by atoms with Gasteiger partial charge in [-0.25, -0.2) is 0 Å². The molecule has 0 aliphatic rings. The van der Waals surface area contributed by atoms with E-state index in [1.54, 1.807) is 12.1 Å². The van der Waals surface area contributed by atoms with Crippen LogP contribution in [0, 0.1) is 0 Å². The van der Waals surface area contributed by atoms with Crippen LogP contribution in [0.1, 0.15) is 24.0 Å². The lowest BCUT2D eigenvalue weighted by atomic mass is 10.0. The maximum atomic E-state index is 12.6. The Hall–Kier alpha value is -2.47. The van der Waals surface area contributed by atoms with Gasteiger partial charge in [0.05, 0.1) is 0 Å². The summed E-state index contributed by atoms with van der Waals surface area (Å²) in [5.41, 5.74) is 7.47. The summed E-state index contributed by atoms with van der Waals surface area (Å²) in [4.78, 5) is 11.8. The summed E-state index contributed by atoms with van der Waals surface area (Å²) < 4.78 is 29.8. The first-order valence-corrected chi connectivity index (χ1v) is 7.70. The van der Waals surface area contributed by atoms with E-state index in [1.165, 1.54) is 6.07 Å². The van der Waals surface area contributed by atoms with Crippen molar-refractivity contribution in [3.8, 4) is 5.75 Å². The van der Waals surface area contributed by atoms with Crippen molar-refractivity contribution in [2.45, 2.75) is 25.9 Å². The summed E-state index contributed by atoms with van der Waals surface area (Å²) in [6.45, 7) is -2.46. The van der Waals surface area contributed by atoms with Crippen LogP contribution in [0.25, 0.3) is 0 Å². The van der Waals surface area contributed by atoms with Gasteiger partial charge in [-0.15, -0.1) is 0 Å². The zero-order chi connectivity index (χ0) is 17.4. The monoisotopic (exact) mass is 334 g/mol. The van der Waals surface area contributed by atoms with Gasteiger partial charge in [-0.2, -0.15) is 8.78 Å². The van der Waals surface area contributed by atoms with Crippen molar-refractivity contribution in [1.82, 2.24) is 0 Å². The highest BCUT2D eigenvalue weighted by molar-refractivity contribution is 5.90. The maximum Gasteiger partial charge on any atom is 0.387 e. The van der Waals surface area contributed by atoms with Crippen molar-refractivity contribution in [2.75, 3.05) is 11.9 Å². The van der Waals surface area contributed by atoms with E-state index in [9.17, 15) is 13.6 Å². The Morgan fingerprint density at radius 2 is 1.92 bits per heavy atom. The second-order valence-electron chi connectivity index (χ2n) is 5.30. The number of anilines is 1. The number of hydrogen-bond donors (Lipinski definition) is 2. The van der Waals surface area contributed by atoms with Crippen molar-refractivity contribution < 1.29 is 18.3 Å². The molecule has 6 heteroatoms. The third-order valence-electron chi connectivity index (χ3n) is 3.41. The molecule has 0 aromatic heterocycles. The molecule has 0 radical (unpaired) electrons. The number of halogens is 2. The molecule has 2 aromatic carbocycles. The number of ether oxygens (including phenoxy) is 1. The molecule has 2 rings (SSSR count). The molecule has 0 bridgehead atoms. The molecule has 0 unspecified atom stereocenters. The predicted molar refractivity (Wildman–Crippen MR) is 89.2 cm³/mol. The summed E-state index contributed by atoms with van der Waals surface area (Å²) in [6, 6.07) is 14.1. The Morgan fingerprint density at radius 1 is 1.17 bits per heavy atom. The van der Waals surface area contributed by atoms with E-state index in [0.717, 1.165) is 5.56 Å². The molecule has 3 N–H and O–H groups in total. The van der Waals surface area contributed by atoms with Gasteiger partial charge >= 0.3 is 6.61 Å². The van der Waals surface area contributed by atoms with Gasteiger partial charge in [-0.1, -0.05) is 30.3 Å². The zero-order valence-corrected chi connectivity index (χ0v) is 13.2. The molecule has 0 spiro atoms. The zero-order valence-electron chi connectivity index (χ0n) is 13.2. The lowest BCUT2D eigenvalue weighted by molar-refractivity contribution is -0.116. The molecule has 2 aromatic rings. The Morgan fingerprint density at radius 3 is 2.58 bits per heavy atom. The Bertz CT molecular complexity index is 663. The van der Waals surface area contributed by atoms with Crippen molar-refractivity contribution >= 4 is 11.6 Å². The van der Waals surface area contributed by atoms with Crippen molar-refractivity contribution in [3.63, 3.8) is 0 Å². The van der Waals surface area contributed by atoms with E-state index in [1.807, 2.05) is 30.3 Å². The topological polar surface area (TPSA) is 64.4 Å². The van der Waals surface area contributed by atoms with Gasteiger partial charge in [0.15, 0.2) is 0 Å². The van der Waals surface area contributed by atoms with Crippen LogP contribution in [0.4, 0.5) is 14.5 Å². The van der Waals surface area contributed by atoms with E-state index >= 15 is 0 Å². The highest BCUT2D eigenvalue weighted by Crippen LogP contribution is 2.27. The summed E-state index contributed by atoms with van der Waals surface area (Å²) in [5.74, 6) is -0.0533. The summed E-state index contributed by atoms with van der Waals surface area (Å²) in [5, 5.41) is 2.75. The van der Waals surface area contributed by atoms with E-state index in [2.05, 4.69) is 10.1 Å². The van der Waals surface area contributed by atoms with E-state index in [0.29, 0.717) is 37.1 Å². The first-order chi connectivity index (χ1) is 11.6. The van der Waals surface area contributed by atoms with Gasteiger partial charge in [0, 0.05) is 24.1 Å². The first kappa shape index (κ1) is 17.9. The minimum Gasteiger partial charge on any atom is -0.435 e. The summed E-state index contributed by atoms with van der Waals surface area (Å²) in [7, 11) is 0. The largest absolute Gasteiger partial charge is 0.435 e. The van der Waals surface area contributed by atoms with Crippen LogP contribution in [-0.2, 0) is 11.2 Å². The van der Waals surface area contributed by atoms with Gasteiger partial charge < -0.3 is 15.8 Å².